The number of carbonyl (C=O) groups excluding carboxylic acids is 1. The summed E-state index contributed by atoms with van der Waals surface area (Å²) in [7, 11) is 0. The molecule has 0 fully saturated rings. The Morgan fingerprint density at radius 3 is 2.66 bits per heavy atom. The van der Waals surface area contributed by atoms with Crippen molar-refractivity contribution in [2.45, 2.75) is 12.2 Å². The Balaban J connectivity index is 1.27. The zero-order chi connectivity index (χ0) is 20.1. The third-order valence-corrected chi connectivity index (χ3v) is 5.96. The molecule has 0 atom stereocenters. The minimum absolute atomic E-state index is 0.0780. The lowest BCUT2D eigenvalue weighted by Gasteiger charge is -2.07. The second kappa shape index (κ2) is 9.02. The number of pyridine rings is 1. The van der Waals surface area contributed by atoms with Gasteiger partial charge in [0.25, 0.3) is 5.56 Å². The third kappa shape index (κ3) is 5.10. The number of rotatable bonds is 7. The van der Waals surface area contributed by atoms with Gasteiger partial charge in [-0.3, -0.25) is 19.0 Å². The monoisotopic (exact) mass is 422 g/mol. The van der Waals surface area contributed by atoms with Crippen molar-refractivity contribution in [1.29, 1.82) is 0 Å². The van der Waals surface area contributed by atoms with Gasteiger partial charge in [0.2, 0.25) is 5.91 Å². The van der Waals surface area contributed by atoms with Crippen molar-refractivity contribution in [2.24, 2.45) is 0 Å². The second-order valence-electron chi connectivity index (χ2n) is 6.41. The van der Waals surface area contributed by atoms with Crippen molar-refractivity contribution < 1.29 is 4.79 Å². The molecule has 1 aromatic carbocycles. The van der Waals surface area contributed by atoms with Crippen LogP contribution in [0.15, 0.2) is 71.2 Å². The van der Waals surface area contributed by atoms with E-state index in [1.54, 1.807) is 18.6 Å². The lowest BCUT2D eigenvalue weighted by atomic mass is 10.1. The van der Waals surface area contributed by atoms with Gasteiger partial charge < -0.3 is 5.32 Å². The van der Waals surface area contributed by atoms with Crippen molar-refractivity contribution in [3.8, 4) is 0 Å². The number of hydrogen-bond donors (Lipinski definition) is 1. The standard InChI is InChI=1S/C21H18N4O2S2/c26-19(14-28-13-18-12-20(27)25-9-10-29-21(25)24-18)23-17-3-1-15(2-4-17)11-16-5-7-22-8-6-16/h1-10,12H,11,13-14H2,(H,23,26). The van der Waals surface area contributed by atoms with Crippen LogP contribution in [0, 0.1) is 0 Å². The van der Waals surface area contributed by atoms with Crippen molar-refractivity contribution >= 4 is 39.7 Å². The van der Waals surface area contributed by atoms with Crippen LogP contribution in [0.25, 0.3) is 4.96 Å². The molecule has 4 aromatic rings. The maximum atomic E-state index is 12.2. The molecule has 29 heavy (non-hydrogen) atoms. The summed E-state index contributed by atoms with van der Waals surface area (Å²) in [5.74, 6) is 0.734. The number of hydrogen-bond acceptors (Lipinski definition) is 6. The Bertz CT molecular complexity index is 1170. The molecule has 0 bridgehead atoms. The first-order valence-electron chi connectivity index (χ1n) is 8.98. The van der Waals surface area contributed by atoms with Gasteiger partial charge in [0.15, 0.2) is 4.96 Å². The number of nitrogens with one attached hydrogen (secondary N) is 1. The number of amides is 1. The molecule has 0 unspecified atom stereocenters. The minimum Gasteiger partial charge on any atom is -0.325 e. The number of fused-ring (bicyclic) bond motifs is 1. The predicted octanol–water partition coefficient (Wildman–Crippen LogP) is 3.61. The highest BCUT2D eigenvalue weighted by molar-refractivity contribution is 7.99. The van der Waals surface area contributed by atoms with Crippen LogP contribution < -0.4 is 10.9 Å². The van der Waals surface area contributed by atoms with E-state index >= 15 is 0 Å². The molecule has 0 aliphatic heterocycles. The Morgan fingerprint density at radius 2 is 1.86 bits per heavy atom. The fraction of sp³-hybridized carbons (Fsp3) is 0.143. The highest BCUT2D eigenvalue weighted by Gasteiger charge is 2.07. The normalized spacial score (nSPS) is 10.9. The molecule has 0 aliphatic rings. The number of anilines is 1. The van der Waals surface area contributed by atoms with Crippen LogP contribution in [0.4, 0.5) is 5.69 Å². The van der Waals surface area contributed by atoms with Gasteiger partial charge in [-0.2, -0.15) is 0 Å². The van der Waals surface area contributed by atoms with Gasteiger partial charge in [0.05, 0.1) is 11.4 Å². The van der Waals surface area contributed by atoms with Gasteiger partial charge in [-0.25, -0.2) is 4.98 Å². The van der Waals surface area contributed by atoms with Crippen LogP contribution in [0.3, 0.4) is 0 Å². The molecule has 1 amide bonds. The van der Waals surface area contributed by atoms with E-state index in [1.165, 1.54) is 44.7 Å². The molecule has 6 nitrogen and oxygen atoms in total. The maximum absolute atomic E-state index is 12.2. The number of nitrogens with zero attached hydrogens (tertiary/aromatic N) is 3. The van der Waals surface area contributed by atoms with E-state index in [-0.39, 0.29) is 11.5 Å². The first-order valence-corrected chi connectivity index (χ1v) is 11.0. The molecule has 8 heteroatoms. The fourth-order valence-electron chi connectivity index (χ4n) is 2.85. The van der Waals surface area contributed by atoms with Crippen LogP contribution >= 0.6 is 23.1 Å². The molecule has 146 valence electrons. The zero-order valence-electron chi connectivity index (χ0n) is 15.4. The van der Waals surface area contributed by atoms with E-state index in [1.807, 2.05) is 41.8 Å². The summed E-state index contributed by atoms with van der Waals surface area (Å²) in [5, 5.41) is 4.73. The molecule has 0 saturated carbocycles. The Hall–Kier alpha value is -2.97. The summed E-state index contributed by atoms with van der Waals surface area (Å²) in [5.41, 5.74) is 3.73. The van der Waals surface area contributed by atoms with E-state index < -0.39 is 0 Å². The van der Waals surface area contributed by atoms with Crippen molar-refractivity contribution in [3.63, 3.8) is 0 Å². The number of thioether (sulfide) groups is 1. The smallest absolute Gasteiger partial charge is 0.258 e. The Kier molecular flexibility index (Phi) is 6.02. The SMILES string of the molecule is O=C(CSCc1cc(=O)n2ccsc2n1)Nc1ccc(Cc2ccncc2)cc1. The first kappa shape index (κ1) is 19.4. The lowest BCUT2D eigenvalue weighted by Crippen LogP contribution is -2.15. The largest absolute Gasteiger partial charge is 0.325 e. The van der Waals surface area contributed by atoms with Crippen LogP contribution in [0.5, 0.6) is 0 Å². The molecule has 4 rings (SSSR count). The second-order valence-corrected chi connectivity index (χ2v) is 8.27. The molecular weight excluding hydrogens is 404 g/mol. The molecule has 3 heterocycles. The average Bonchev–Trinajstić information content (AvgIpc) is 3.20. The molecule has 1 N–H and O–H groups in total. The van der Waals surface area contributed by atoms with Gasteiger partial charge in [-0.05, 0) is 41.8 Å². The number of benzene rings is 1. The van der Waals surface area contributed by atoms with Crippen LogP contribution in [0.2, 0.25) is 0 Å². The quantitative estimate of drug-likeness (QED) is 0.492. The van der Waals surface area contributed by atoms with Gasteiger partial charge in [-0.15, -0.1) is 23.1 Å². The average molecular weight is 423 g/mol. The molecular formula is C21H18N4O2S2. The van der Waals surface area contributed by atoms with E-state index in [4.69, 9.17) is 0 Å². The highest BCUT2D eigenvalue weighted by atomic mass is 32.2. The van der Waals surface area contributed by atoms with E-state index in [9.17, 15) is 9.59 Å². The van der Waals surface area contributed by atoms with Crippen molar-refractivity contribution in [3.05, 3.63) is 93.6 Å². The number of carbonyl (C=O) groups is 1. The molecule has 0 saturated heterocycles. The highest BCUT2D eigenvalue weighted by Crippen LogP contribution is 2.15. The molecule has 0 spiro atoms. The zero-order valence-corrected chi connectivity index (χ0v) is 17.1. The van der Waals surface area contributed by atoms with Crippen molar-refractivity contribution in [1.82, 2.24) is 14.4 Å². The lowest BCUT2D eigenvalue weighted by molar-refractivity contribution is -0.113. The summed E-state index contributed by atoms with van der Waals surface area (Å²) < 4.78 is 1.52. The Morgan fingerprint density at radius 1 is 1.10 bits per heavy atom. The molecule has 0 radical (unpaired) electrons. The topological polar surface area (TPSA) is 76.4 Å². The maximum Gasteiger partial charge on any atom is 0.258 e. The van der Waals surface area contributed by atoms with Crippen LogP contribution in [0.1, 0.15) is 16.8 Å². The number of aromatic nitrogens is 3. The van der Waals surface area contributed by atoms with Gasteiger partial charge in [0, 0.05) is 41.5 Å². The van der Waals surface area contributed by atoms with E-state index in [0.717, 1.165) is 12.1 Å². The summed E-state index contributed by atoms with van der Waals surface area (Å²) in [6.45, 7) is 0. The summed E-state index contributed by atoms with van der Waals surface area (Å²) in [4.78, 5) is 33.3. The third-order valence-electron chi connectivity index (χ3n) is 4.23. The molecule has 3 aromatic heterocycles. The van der Waals surface area contributed by atoms with Gasteiger partial charge in [-0.1, -0.05) is 12.1 Å². The van der Waals surface area contributed by atoms with E-state index in [2.05, 4.69) is 15.3 Å². The molecule has 0 aliphatic carbocycles. The fourth-order valence-corrected chi connectivity index (χ4v) is 4.30. The van der Waals surface area contributed by atoms with Crippen LogP contribution in [-0.2, 0) is 17.0 Å². The summed E-state index contributed by atoms with van der Waals surface area (Å²) in [6.07, 6.45) is 6.11. The van der Waals surface area contributed by atoms with Crippen LogP contribution in [-0.4, -0.2) is 26.0 Å². The summed E-state index contributed by atoms with van der Waals surface area (Å²) >= 11 is 2.85. The first-order chi connectivity index (χ1) is 14.2. The number of thiazole rings is 1. The van der Waals surface area contributed by atoms with Crippen molar-refractivity contribution in [2.75, 3.05) is 11.1 Å². The van der Waals surface area contributed by atoms with Gasteiger partial charge >= 0.3 is 0 Å². The van der Waals surface area contributed by atoms with Gasteiger partial charge in [0.1, 0.15) is 0 Å². The predicted molar refractivity (Wildman–Crippen MR) is 118 cm³/mol. The summed E-state index contributed by atoms with van der Waals surface area (Å²) in [6, 6.07) is 13.3. The Labute approximate surface area is 175 Å². The van der Waals surface area contributed by atoms with E-state index in [0.29, 0.717) is 22.2 Å². The minimum atomic E-state index is -0.0943.